The lowest BCUT2D eigenvalue weighted by atomic mass is 10.1. The molecule has 0 aliphatic heterocycles. The molecular formula is C14H17N3OS. The summed E-state index contributed by atoms with van der Waals surface area (Å²) in [7, 11) is 1.80. The summed E-state index contributed by atoms with van der Waals surface area (Å²) in [6, 6.07) is 5.50. The van der Waals surface area contributed by atoms with Crippen LogP contribution in [0.3, 0.4) is 0 Å². The van der Waals surface area contributed by atoms with Crippen molar-refractivity contribution in [3.8, 4) is 0 Å². The van der Waals surface area contributed by atoms with Crippen LogP contribution in [0.25, 0.3) is 0 Å². The van der Waals surface area contributed by atoms with Gasteiger partial charge in [-0.2, -0.15) is 11.3 Å². The third-order valence-electron chi connectivity index (χ3n) is 2.68. The van der Waals surface area contributed by atoms with Gasteiger partial charge < -0.3 is 10.6 Å². The molecule has 0 unspecified atom stereocenters. The highest BCUT2D eigenvalue weighted by Crippen LogP contribution is 2.16. The molecule has 0 fully saturated rings. The van der Waals surface area contributed by atoms with Gasteiger partial charge in [0.15, 0.2) is 0 Å². The van der Waals surface area contributed by atoms with Gasteiger partial charge in [0.05, 0.1) is 5.69 Å². The average Bonchev–Trinajstić information content (AvgIpc) is 2.91. The highest BCUT2D eigenvalue weighted by molar-refractivity contribution is 7.08. The average molecular weight is 275 g/mol. The number of hydrogen-bond donors (Lipinski definition) is 2. The van der Waals surface area contributed by atoms with Crippen LogP contribution in [0.5, 0.6) is 0 Å². The number of nitrogens with zero attached hydrogens (tertiary/aromatic N) is 1. The van der Waals surface area contributed by atoms with E-state index in [1.165, 1.54) is 0 Å². The normalized spacial score (nSPS) is 10.2. The Balaban J connectivity index is 2.22. The van der Waals surface area contributed by atoms with E-state index in [-0.39, 0.29) is 5.91 Å². The fourth-order valence-corrected chi connectivity index (χ4v) is 2.36. The molecule has 4 nitrogen and oxygen atoms in total. The molecule has 1 amide bonds. The number of amides is 1. The minimum Gasteiger partial charge on any atom is -0.373 e. The first-order valence-electron chi connectivity index (χ1n) is 6.25. The Kier molecular flexibility index (Phi) is 4.52. The summed E-state index contributed by atoms with van der Waals surface area (Å²) >= 11 is 1.56. The van der Waals surface area contributed by atoms with Crippen molar-refractivity contribution in [1.82, 2.24) is 4.98 Å². The largest absolute Gasteiger partial charge is 0.373 e. The quantitative estimate of drug-likeness (QED) is 0.879. The van der Waals surface area contributed by atoms with Gasteiger partial charge in [-0.15, -0.1) is 0 Å². The van der Waals surface area contributed by atoms with Crippen molar-refractivity contribution in [2.45, 2.75) is 19.8 Å². The molecule has 100 valence electrons. The van der Waals surface area contributed by atoms with Crippen LogP contribution in [0.1, 0.15) is 29.4 Å². The Bertz CT molecular complexity index is 552. The van der Waals surface area contributed by atoms with Crippen molar-refractivity contribution < 1.29 is 4.79 Å². The lowest BCUT2D eigenvalue weighted by Gasteiger charge is -2.08. The number of carbonyl (C=O) groups is 1. The smallest absolute Gasteiger partial charge is 0.255 e. The summed E-state index contributed by atoms with van der Waals surface area (Å²) in [6.07, 6.45) is 1.88. The molecular weight excluding hydrogens is 258 g/mol. The molecule has 5 heteroatoms. The Morgan fingerprint density at radius 2 is 2.26 bits per heavy atom. The van der Waals surface area contributed by atoms with Crippen LogP contribution < -0.4 is 10.6 Å². The summed E-state index contributed by atoms with van der Waals surface area (Å²) in [5, 5.41) is 9.71. The molecule has 0 aliphatic rings. The Hall–Kier alpha value is -1.88. The van der Waals surface area contributed by atoms with E-state index in [2.05, 4.69) is 22.5 Å². The number of hydrogen-bond acceptors (Lipinski definition) is 4. The van der Waals surface area contributed by atoms with Crippen molar-refractivity contribution in [2.24, 2.45) is 0 Å². The molecule has 2 aromatic heterocycles. The van der Waals surface area contributed by atoms with Crippen LogP contribution in [0, 0.1) is 0 Å². The molecule has 0 saturated heterocycles. The summed E-state index contributed by atoms with van der Waals surface area (Å²) < 4.78 is 0. The second-order valence-electron chi connectivity index (χ2n) is 4.20. The maximum absolute atomic E-state index is 12.2. The zero-order valence-corrected chi connectivity index (χ0v) is 11.9. The lowest BCUT2D eigenvalue weighted by molar-refractivity contribution is 0.102. The molecule has 2 aromatic rings. The first-order chi connectivity index (χ1) is 9.22. The summed E-state index contributed by atoms with van der Waals surface area (Å²) in [4.78, 5) is 16.6. The molecule has 0 spiro atoms. The van der Waals surface area contributed by atoms with Crippen LogP contribution in [-0.2, 0) is 6.42 Å². The predicted molar refractivity (Wildman–Crippen MR) is 80.1 cm³/mol. The first-order valence-corrected chi connectivity index (χ1v) is 7.19. The van der Waals surface area contributed by atoms with E-state index in [9.17, 15) is 4.79 Å². The molecule has 2 heterocycles. The van der Waals surface area contributed by atoms with Crippen molar-refractivity contribution in [3.05, 3.63) is 40.2 Å². The number of nitrogens with one attached hydrogen (secondary N) is 2. The van der Waals surface area contributed by atoms with E-state index >= 15 is 0 Å². The SMILES string of the molecule is CCCc1cc(C(=O)Nc2ccsc2)cc(NC)n1. The van der Waals surface area contributed by atoms with Gasteiger partial charge in [0.2, 0.25) is 0 Å². The van der Waals surface area contributed by atoms with Gasteiger partial charge in [0.1, 0.15) is 5.82 Å². The van der Waals surface area contributed by atoms with Crippen LogP contribution in [-0.4, -0.2) is 17.9 Å². The number of rotatable bonds is 5. The van der Waals surface area contributed by atoms with Crippen molar-refractivity contribution >= 4 is 28.7 Å². The molecule has 0 saturated carbocycles. The Morgan fingerprint density at radius 1 is 1.42 bits per heavy atom. The number of pyridine rings is 1. The van der Waals surface area contributed by atoms with E-state index in [0.717, 1.165) is 30.0 Å². The molecule has 2 N–H and O–H groups in total. The molecule has 0 atom stereocenters. The van der Waals surface area contributed by atoms with Crippen LogP contribution in [0.15, 0.2) is 29.0 Å². The highest BCUT2D eigenvalue weighted by atomic mass is 32.1. The second-order valence-corrected chi connectivity index (χ2v) is 4.98. The molecule has 2 rings (SSSR count). The van der Waals surface area contributed by atoms with Crippen LogP contribution in [0.2, 0.25) is 0 Å². The minimum absolute atomic E-state index is 0.102. The zero-order chi connectivity index (χ0) is 13.7. The third kappa shape index (κ3) is 3.54. The monoisotopic (exact) mass is 275 g/mol. The van der Waals surface area contributed by atoms with Gasteiger partial charge >= 0.3 is 0 Å². The Labute approximate surface area is 116 Å². The standard InChI is InChI=1S/C14H17N3OS/c1-3-4-11-7-10(8-13(15-2)16-11)14(18)17-12-5-6-19-9-12/h5-9H,3-4H2,1-2H3,(H,15,16)(H,17,18). The predicted octanol–water partition coefficient (Wildman–Crippen LogP) is 3.39. The maximum Gasteiger partial charge on any atom is 0.255 e. The maximum atomic E-state index is 12.2. The van der Waals surface area contributed by atoms with Gasteiger partial charge in [0.25, 0.3) is 5.91 Å². The van der Waals surface area contributed by atoms with Crippen molar-refractivity contribution in [3.63, 3.8) is 0 Å². The molecule has 0 radical (unpaired) electrons. The van der Waals surface area contributed by atoms with E-state index < -0.39 is 0 Å². The number of anilines is 2. The van der Waals surface area contributed by atoms with E-state index in [4.69, 9.17) is 0 Å². The molecule has 0 bridgehead atoms. The van der Waals surface area contributed by atoms with Gasteiger partial charge in [-0.25, -0.2) is 4.98 Å². The second kappa shape index (κ2) is 6.33. The minimum atomic E-state index is -0.102. The van der Waals surface area contributed by atoms with E-state index in [1.807, 2.05) is 22.9 Å². The van der Waals surface area contributed by atoms with Gasteiger partial charge in [-0.1, -0.05) is 13.3 Å². The van der Waals surface area contributed by atoms with Gasteiger partial charge in [-0.05, 0) is 30.0 Å². The number of aromatic nitrogens is 1. The summed E-state index contributed by atoms with van der Waals surface area (Å²) in [5.41, 5.74) is 2.40. The van der Waals surface area contributed by atoms with Crippen molar-refractivity contribution in [1.29, 1.82) is 0 Å². The first kappa shape index (κ1) is 13.5. The topological polar surface area (TPSA) is 54.0 Å². The summed E-state index contributed by atoms with van der Waals surface area (Å²) in [6.45, 7) is 2.10. The third-order valence-corrected chi connectivity index (χ3v) is 3.37. The van der Waals surface area contributed by atoms with Gasteiger partial charge in [0, 0.05) is 23.7 Å². The van der Waals surface area contributed by atoms with Crippen LogP contribution >= 0.6 is 11.3 Å². The lowest BCUT2D eigenvalue weighted by Crippen LogP contribution is -2.13. The van der Waals surface area contributed by atoms with Gasteiger partial charge in [-0.3, -0.25) is 4.79 Å². The van der Waals surface area contributed by atoms with Crippen molar-refractivity contribution in [2.75, 3.05) is 17.7 Å². The zero-order valence-electron chi connectivity index (χ0n) is 11.1. The number of aryl methyl sites for hydroxylation is 1. The number of thiophene rings is 1. The fraction of sp³-hybridized carbons (Fsp3) is 0.286. The van der Waals surface area contributed by atoms with E-state index in [1.54, 1.807) is 24.5 Å². The molecule has 0 aromatic carbocycles. The Morgan fingerprint density at radius 3 is 2.89 bits per heavy atom. The highest BCUT2D eigenvalue weighted by Gasteiger charge is 2.10. The fourth-order valence-electron chi connectivity index (χ4n) is 1.77. The summed E-state index contributed by atoms with van der Waals surface area (Å²) in [5.74, 6) is 0.621. The van der Waals surface area contributed by atoms with Crippen LogP contribution in [0.4, 0.5) is 11.5 Å². The number of carbonyl (C=O) groups excluding carboxylic acids is 1. The molecule has 19 heavy (non-hydrogen) atoms. The molecule has 0 aliphatic carbocycles. The van der Waals surface area contributed by atoms with E-state index in [0.29, 0.717) is 5.56 Å².